The van der Waals surface area contributed by atoms with Gasteiger partial charge in [-0.3, -0.25) is 4.79 Å². The van der Waals surface area contributed by atoms with Crippen LogP contribution in [-0.4, -0.2) is 49.7 Å². The van der Waals surface area contributed by atoms with Gasteiger partial charge in [0.15, 0.2) is 6.54 Å². The third-order valence-electron chi connectivity index (χ3n) is 3.23. The van der Waals surface area contributed by atoms with E-state index in [1.165, 1.54) is 19.3 Å². The molecule has 4 nitrogen and oxygen atoms in total. The highest BCUT2D eigenvalue weighted by molar-refractivity contribution is 5.77. The van der Waals surface area contributed by atoms with Gasteiger partial charge < -0.3 is 15.0 Å². The molecule has 15 heavy (non-hydrogen) atoms. The number of amides is 1. The molecule has 2 saturated heterocycles. The molecule has 2 aliphatic heterocycles. The molecule has 0 aromatic heterocycles. The molecule has 0 aromatic rings. The minimum absolute atomic E-state index is 0.297. The Morgan fingerprint density at radius 2 is 2.13 bits per heavy atom. The van der Waals surface area contributed by atoms with Crippen LogP contribution in [0.2, 0.25) is 0 Å². The molecular weight excluding hydrogens is 192 g/mol. The molecule has 1 atom stereocenters. The van der Waals surface area contributed by atoms with Crippen LogP contribution in [-0.2, 0) is 9.53 Å². The van der Waals surface area contributed by atoms with Crippen LogP contribution >= 0.6 is 0 Å². The summed E-state index contributed by atoms with van der Waals surface area (Å²) in [5.41, 5.74) is 0. The van der Waals surface area contributed by atoms with Gasteiger partial charge in [-0.2, -0.15) is 0 Å². The largest absolute Gasteiger partial charge is 0.372 e. The fraction of sp³-hybridized carbons (Fsp3) is 0.909. The second-order valence-electron chi connectivity index (χ2n) is 4.45. The summed E-state index contributed by atoms with van der Waals surface area (Å²) in [5, 5.41) is 2.09. The van der Waals surface area contributed by atoms with Crippen molar-refractivity contribution in [1.82, 2.24) is 4.90 Å². The van der Waals surface area contributed by atoms with Crippen molar-refractivity contribution in [1.29, 1.82) is 0 Å². The van der Waals surface area contributed by atoms with E-state index < -0.39 is 0 Å². The number of rotatable bonds is 4. The van der Waals surface area contributed by atoms with Crippen LogP contribution < -0.4 is 5.32 Å². The Kier molecular flexibility index (Phi) is 3.97. The summed E-state index contributed by atoms with van der Waals surface area (Å²) >= 11 is 0. The highest BCUT2D eigenvalue weighted by Crippen LogP contribution is 2.09. The smallest absolute Gasteiger partial charge is 0.277 e. The van der Waals surface area contributed by atoms with Gasteiger partial charge in [0.1, 0.15) is 12.6 Å². The van der Waals surface area contributed by atoms with E-state index in [0.717, 1.165) is 32.7 Å². The number of hydrogen-bond acceptors (Lipinski definition) is 2. The summed E-state index contributed by atoms with van der Waals surface area (Å²) in [7, 11) is 0. The summed E-state index contributed by atoms with van der Waals surface area (Å²) in [5.74, 6) is 0.297. The average Bonchev–Trinajstić information content (AvgIpc) is 2.90. The number of carbonyl (C=O) groups is 1. The van der Waals surface area contributed by atoms with E-state index in [4.69, 9.17) is 4.74 Å². The molecule has 2 fully saturated rings. The monoisotopic (exact) mass is 213 g/mol. The molecule has 2 heterocycles. The van der Waals surface area contributed by atoms with Crippen molar-refractivity contribution in [3.05, 3.63) is 0 Å². The first kappa shape index (κ1) is 10.9. The first-order valence-electron chi connectivity index (χ1n) is 6.07. The lowest BCUT2D eigenvalue weighted by molar-refractivity contribution is -0.650. The third kappa shape index (κ3) is 3.18. The summed E-state index contributed by atoms with van der Waals surface area (Å²) in [6.07, 6.45) is 5.08. The van der Waals surface area contributed by atoms with Gasteiger partial charge in [0.05, 0.1) is 0 Å². The molecule has 4 heteroatoms. The van der Waals surface area contributed by atoms with Crippen molar-refractivity contribution in [2.24, 2.45) is 0 Å². The zero-order valence-electron chi connectivity index (χ0n) is 9.28. The Bertz CT molecular complexity index is 209. The molecule has 2 aliphatic rings. The van der Waals surface area contributed by atoms with Crippen LogP contribution in [0.4, 0.5) is 0 Å². The zero-order valence-corrected chi connectivity index (χ0v) is 9.28. The van der Waals surface area contributed by atoms with Crippen molar-refractivity contribution in [2.75, 3.05) is 32.8 Å². The van der Waals surface area contributed by atoms with Crippen molar-refractivity contribution >= 4 is 5.91 Å². The van der Waals surface area contributed by atoms with Crippen molar-refractivity contribution in [3.8, 4) is 0 Å². The van der Waals surface area contributed by atoms with Gasteiger partial charge in [-0.25, -0.2) is 0 Å². The minimum atomic E-state index is 0.297. The summed E-state index contributed by atoms with van der Waals surface area (Å²) in [4.78, 5) is 13.7. The molecule has 0 aliphatic carbocycles. The second kappa shape index (κ2) is 5.47. The number of nitrogens with two attached hydrogens (primary N) is 1. The lowest BCUT2D eigenvalue weighted by Crippen LogP contribution is -2.88. The predicted octanol–water partition coefficient (Wildman–Crippen LogP) is -0.649. The van der Waals surface area contributed by atoms with E-state index in [2.05, 4.69) is 5.32 Å². The van der Waals surface area contributed by atoms with Gasteiger partial charge in [0.25, 0.3) is 5.91 Å². The molecule has 2 rings (SSSR count). The number of ether oxygens (including phenoxy) is 1. The maximum Gasteiger partial charge on any atom is 0.277 e. The Morgan fingerprint density at radius 1 is 1.33 bits per heavy atom. The summed E-state index contributed by atoms with van der Waals surface area (Å²) in [6, 6.07) is 0. The lowest BCUT2D eigenvalue weighted by atomic mass is 10.2. The SMILES string of the molecule is O=C(C[NH2+]C[C@H]1CCCO1)N1CCCC1. The Morgan fingerprint density at radius 3 is 2.80 bits per heavy atom. The van der Waals surface area contributed by atoms with Gasteiger partial charge in [-0.15, -0.1) is 0 Å². The first-order valence-corrected chi connectivity index (χ1v) is 6.07. The molecule has 2 N–H and O–H groups in total. The highest BCUT2D eigenvalue weighted by atomic mass is 16.5. The lowest BCUT2D eigenvalue weighted by Gasteiger charge is -2.14. The Hall–Kier alpha value is -0.610. The maximum absolute atomic E-state index is 11.7. The van der Waals surface area contributed by atoms with E-state index in [1.807, 2.05) is 4.90 Å². The molecule has 0 aromatic carbocycles. The highest BCUT2D eigenvalue weighted by Gasteiger charge is 2.21. The van der Waals surface area contributed by atoms with Gasteiger partial charge in [0, 0.05) is 19.7 Å². The molecular formula is C11H21N2O2+. The van der Waals surface area contributed by atoms with Gasteiger partial charge in [-0.1, -0.05) is 0 Å². The van der Waals surface area contributed by atoms with Crippen molar-refractivity contribution < 1.29 is 14.8 Å². The number of quaternary nitrogens is 1. The number of likely N-dealkylation sites (tertiary alicyclic amines) is 1. The van der Waals surface area contributed by atoms with Crippen LogP contribution in [0.3, 0.4) is 0 Å². The zero-order chi connectivity index (χ0) is 10.5. The van der Waals surface area contributed by atoms with Gasteiger partial charge in [0.2, 0.25) is 0 Å². The van der Waals surface area contributed by atoms with E-state index in [9.17, 15) is 4.79 Å². The summed E-state index contributed by atoms with van der Waals surface area (Å²) < 4.78 is 5.50. The molecule has 0 radical (unpaired) electrons. The third-order valence-corrected chi connectivity index (χ3v) is 3.23. The van der Waals surface area contributed by atoms with Crippen molar-refractivity contribution in [2.45, 2.75) is 31.8 Å². The van der Waals surface area contributed by atoms with E-state index >= 15 is 0 Å². The number of nitrogens with zero attached hydrogens (tertiary/aromatic N) is 1. The molecule has 0 bridgehead atoms. The first-order chi connectivity index (χ1) is 7.36. The second-order valence-corrected chi connectivity index (χ2v) is 4.45. The Labute approximate surface area is 91.0 Å². The normalized spacial score (nSPS) is 26.1. The minimum Gasteiger partial charge on any atom is -0.372 e. The van der Waals surface area contributed by atoms with Crippen molar-refractivity contribution in [3.63, 3.8) is 0 Å². The number of carbonyl (C=O) groups excluding carboxylic acids is 1. The quantitative estimate of drug-likeness (QED) is 0.674. The van der Waals surface area contributed by atoms with E-state index in [-0.39, 0.29) is 0 Å². The van der Waals surface area contributed by atoms with Crippen LogP contribution in [0.15, 0.2) is 0 Å². The topological polar surface area (TPSA) is 46.1 Å². The van der Waals surface area contributed by atoms with Gasteiger partial charge >= 0.3 is 0 Å². The van der Waals surface area contributed by atoms with Crippen LogP contribution in [0, 0.1) is 0 Å². The van der Waals surface area contributed by atoms with E-state index in [1.54, 1.807) is 0 Å². The van der Waals surface area contributed by atoms with Crippen LogP contribution in [0.25, 0.3) is 0 Å². The average molecular weight is 213 g/mol. The summed E-state index contributed by atoms with van der Waals surface area (Å²) in [6.45, 7) is 4.37. The standard InChI is InChI=1S/C11H20N2O2/c14-11(13-5-1-2-6-13)9-12-8-10-4-3-7-15-10/h10,12H,1-9H2/p+1/t10-/m1/s1. The van der Waals surface area contributed by atoms with Gasteiger partial charge in [-0.05, 0) is 25.7 Å². The van der Waals surface area contributed by atoms with E-state index in [0.29, 0.717) is 18.6 Å². The number of hydrogen-bond donors (Lipinski definition) is 1. The molecule has 0 unspecified atom stereocenters. The predicted molar refractivity (Wildman–Crippen MR) is 56.4 cm³/mol. The fourth-order valence-corrected chi connectivity index (χ4v) is 2.32. The van der Waals surface area contributed by atoms with Crippen LogP contribution in [0.5, 0.6) is 0 Å². The molecule has 1 amide bonds. The Balaban J connectivity index is 1.58. The molecule has 0 spiro atoms. The molecule has 86 valence electrons. The maximum atomic E-state index is 11.7. The molecule has 0 saturated carbocycles. The van der Waals surface area contributed by atoms with Crippen LogP contribution in [0.1, 0.15) is 25.7 Å². The fourth-order valence-electron chi connectivity index (χ4n) is 2.32.